The van der Waals surface area contributed by atoms with Crippen LogP contribution in [0.15, 0.2) is 66.8 Å². The average Bonchev–Trinajstić information content (AvgIpc) is 3.06. The Hall–Kier alpha value is -2.68. The highest BCUT2D eigenvalue weighted by Gasteiger charge is 2.43. The lowest BCUT2D eigenvalue weighted by Gasteiger charge is -2.22. The number of hydrogen-bond donors (Lipinski definition) is 0. The lowest BCUT2D eigenvalue weighted by Crippen LogP contribution is -2.17. The van der Waals surface area contributed by atoms with Crippen LogP contribution in [0, 0.1) is 10.1 Å². The molecule has 1 spiro atoms. The fraction of sp³-hybridized carbons (Fsp3) is 0.0588. The van der Waals surface area contributed by atoms with E-state index in [2.05, 4.69) is 18.2 Å². The molecule has 2 aromatic carbocycles. The van der Waals surface area contributed by atoms with Crippen molar-refractivity contribution < 1.29 is 4.92 Å². The molecule has 3 nitrogen and oxygen atoms in total. The molecule has 96 valence electrons. The van der Waals surface area contributed by atoms with Crippen molar-refractivity contribution in [2.75, 3.05) is 0 Å². The van der Waals surface area contributed by atoms with Crippen LogP contribution >= 0.6 is 0 Å². The van der Waals surface area contributed by atoms with Gasteiger partial charge in [-0.3, -0.25) is 10.1 Å². The van der Waals surface area contributed by atoms with Crippen LogP contribution in [0.1, 0.15) is 11.1 Å². The zero-order valence-corrected chi connectivity index (χ0v) is 10.6. The van der Waals surface area contributed by atoms with Crippen LogP contribution in [0.3, 0.4) is 0 Å². The van der Waals surface area contributed by atoms with E-state index in [1.165, 1.54) is 0 Å². The molecule has 20 heavy (non-hydrogen) atoms. The van der Waals surface area contributed by atoms with Gasteiger partial charge in [-0.1, -0.05) is 60.7 Å². The molecule has 2 aliphatic rings. The summed E-state index contributed by atoms with van der Waals surface area (Å²) in [6, 6.07) is 13.3. The third-order valence-corrected chi connectivity index (χ3v) is 4.16. The Labute approximate surface area is 116 Å². The first-order valence-corrected chi connectivity index (χ1v) is 6.49. The molecule has 0 N–H and O–H groups in total. The van der Waals surface area contributed by atoms with Gasteiger partial charge in [-0.2, -0.15) is 0 Å². The maximum absolute atomic E-state index is 11.3. The van der Waals surface area contributed by atoms with E-state index in [-0.39, 0.29) is 16.0 Å². The summed E-state index contributed by atoms with van der Waals surface area (Å²) in [5.41, 5.74) is 3.68. The first-order chi connectivity index (χ1) is 9.74. The van der Waals surface area contributed by atoms with Crippen molar-refractivity contribution in [3.05, 3.63) is 88.0 Å². The molecule has 3 heteroatoms. The summed E-state index contributed by atoms with van der Waals surface area (Å²) in [5, 5.41) is 11.3. The lowest BCUT2D eigenvalue weighted by molar-refractivity contribution is -0.384. The molecule has 0 amide bonds. The number of nitrogens with zero attached hydrogens (tertiary/aromatic N) is 1. The maximum Gasteiger partial charge on any atom is 0.277 e. The van der Waals surface area contributed by atoms with Gasteiger partial charge in [0, 0.05) is 6.07 Å². The van der Waals surface area contributed by atoms with Crippen LogP contribution in [-0.4, -0.2) is 4.92 Å². The number of hydrogen-bond acceptors (Lipinski definition) is 2. The number of rotatable bonds is 1. The second-order valence-electron chi connectivity index (χ2n) is 5.09. The van der Waals surface area contributed by atoms with Crippen molar-refractivity contribution in [2.45, 2.75) is 5.41 Å². The summed E-state index contributed by atoms with van der Waals surface area (Å²) in [4.78, 5) is 11.0. The van der Waals surface area contributed by atoms with Crippen LogP contribution in [0.5, 0.6) is 0 Å². The molecule has 0 aromatic heterocycles. The van der Waals surface area contributed by atoms with Gasteiger partial charge < -0.3 is 0 Å². The summed E-state index contributed by atoms with van der Waals surface area (Å²) in [6.45, 7) is 0. The summed E-state index contributed by atoms with van der Waals surface area (Å²) in [7, 11) is 0. The molecule has 2 aromatic rings. The van der Waals surface area contributed by atoms with E-state index >= 15 is 0 Å². The molecule has 0 saturated carbocycles. The largest absolute Gasteiger partial charge is 0.277 e. The van der Waals surface area contributed by atoms with E-state index in [4.69, 9.17) is 0 Å². The highest BCUT2D eigenvalue weighted by atomic mass is 16.6. The van der Waals surface area contributed by atoms with E-state index in [0.29, 0.717) is 0 Å². The normalized spacial score (nSPS) is 16.4. The number of allylic oxidation sites excluding steroid dienone is 4. The molecule has 0 aliphatic heterocycles. The molecule has 0 atom stereocenters. The monoisotopic (exact) mass is 261 g/mol. The molecule has 0 heterocycles. The topological polar surface area (TPSA) is 43.1 Å². The van der Waals surface area contributed by atoms with Crippen molar-refractivity contribution in [3.8, 4) is 11.1 Å². The van der Waals surface area contributed by atoms with Crippen LogP contribution in [0.4, 0.5) is 5.69 Å². The van der Waals surface area contributed by atoms with Crippen molar-refractivity contribution in [1.29, 1.82) is 0 Å². The molecule has 0 bridgehead atoms. The first-order valence-electron chi connectivity index (χ1n) is 6.49. The second kappa shape index (κ2) is 3.67. The molecule has 0 unspecified atom stereocenters. The molecule has 0 saturated heterocycles. The van der Waals surface area contributed by atoms with Crippen LogP contribution in [0.25, 0.3) is 11.1 Å². The Bertz CT molecular complexity index is 790. The fourth-order valence-electron chi connectivity index (χ4n) is 3.36. The summed E-state index contributed by atoms with van der Waals surface area (Å²) < 4.78 is 0. The van der Waals surface area contributed by atoms with E-state index in [0.717, 1.165) is 22.3 Å². The SMILES string of the molecule is O=[N+]([O-])c1cccc2c1-c1ccccc1C21C=CC=C1. The highest BCUT2D eigenvalue weighted by Crippen LogP contribution is 2.54. The Morgan fingerprint density at radius 2 is 1.60 bits per heavy atom. The average molecular weight is 261 g/mol. The second-order valence-corrected chi connectivity index (χ2v) is 5.09. The number of nitro groups is 1. The molecular formula is C17H11NO2. The van der Waals surface area contributed by atoms with Gasteiger partial charge in [-0.15, -0.1) is 0 Å². The highest BCUT2D eigenvalue weighted by molar-refractivity contribution is 5.89. The van der Waals surface area contributed by atoms with Crippen molar-refractivity contribution in [1.82, 2.24) is 0 Å². The standard InChI is InChI=1S/C17H11NO2/c19-18(20)15-9-5-8-14-16(15)12-6-1-2-7-13(12)17(14)10-3-4-11-17/h1-11H. The Morgan fingerprint density at radius 3 is 2.35 bits per heavy atom. The predicted molar refractivity (Wildman–Crippen MR) is 77.6 cm³/mol. The van der Waals surface area contributed by atoms with Crippen molar-refractivity contribution in [3.63, 3.8) is 0 Å². The van der Waals surface area contributed by atoms with Gasteiger partial charge in [0.1, 0.15) is 0 Å². The van der Waals surface area contributed by atoms with E-state index < -0.39 is 0 Å². The quantitative estimate of drug-likeness (QED) is 0.575. The Balaban J connectivity index is 2.17. The minimum absolute atomic E-state index is 0.181. The van der Waals surface area contributed by atoms with E-state index in [1.807, 2.05) is 36.4 Å². The third-order valence-electron chi connectivity index (χ3n) is 4.16. The van der Waals surface area contributed by atoms with Gasteiger partial charge in [0.25, 0.3) is 5.69 Å². The third kappa shape index (κ3) is 1.19. The molecule has 2 aliphatic carbocycles. The minimum Gasteiger partial charge on any atom is -0.258 e. The maximum atomic E-state index is 11.3. The molecule has 0 fully saturated rings. The van der Waals surface area contributed by atoms with Gasteiger partial charge in [-0.05, 0) is 16.7 Å². The van der Waals surface area contributed by atoms with E-state index in [1.54, 1.807) is 12.1 Å². The van der Waals surface area contributed by atoms with Crippen LogP contribution in [-0.2, 0) is 5.41 Å². The van der Waals surface area contributed by atoms with Gasteiger partial charge in [0.05, 0.1) is 15.9 Å². The first kappa shape index (κ1) is 11.2. The lowest BCUT2D eigenvalue weighted by atomic mass is 9.80. The molecule has 4 rings (SSSR count). The number of fused-ring (bicyclic) bond motifs is 5. The van der Waals surface area contributed by atoms with Crippen LogP contribution in [0.2, 0.25) is 0 Å². The number of nitro benzene ring substituents is 1. The Morgan fingerprint density at radius 1 is 0.900 bits per heavy atom. The predicted octanol–water partition coefficient (Wildman–Crippen LogP) is 3.99. The van der Waals surface area contributed by atoms with Gasteiger partial charge in [0.2, 0.25) is 0 Å². The van der Waals surface area contributed by atoms with E-state index in [9.17, 15) is 10.1 Å². The summed E-state index contributed by atoms with van der Waals surface area (Å²) >= 11 is 0. The zero-order valence-electron chi connectivity index (χ0n) is 10.6. The minimum atomic E-state index is -0.335. The van der Waals surface area contributed by atoms with Gasteiger partial charge in [-0.25, -0.2) is 0 Å². The van der Waals surface area contributed by atoms with Gasteiger partial charge in [0.15, 0.2) is 0 Å². The molecular weight excluding hydrogens is 250 g/mol. The smallest absolute Gasteiger partial charge is 0.258 e. The van der Waals surface area contributed by atoms with Crippen LogP contribution < -0.4 is 0 Å². The Kier molecular flexibility index (Phi) is 2.05. The summed E-state index contributed by atoms with van der Waals surface area (Å²) in [6.07, 6.45) is 8.23. The summed E-state index contributed by atoms with van der Waals surface area (Å²) in [5.74, 6) is 0. The molecule has 0 radical (unpaired) electrons. The van der Waals surface area contributed by atoms with Gasteiger partial charge >= 0.3 is 0 Å². The fourth-order valence-corrected chi connectivity index (χ4v) is 3.36. The van der Waals surface area contributed by atoms with Crippen molar-refractivity contribution >= 4 is 5.69 Å². The number of benzene rings is 2. The zero-order chi connectivity index (χ0) is 13.7. The van der Waals surface area contributed by atoms with Crippen molar-refractivity contribution in [2.24, 2.45) is 0 Å².